The number of hydrogen-bond donors (Lipinski definition) is 0. The first-order chi connectivity index (χ1) is 8.38. The predicted molar refractivity (Wildman–Crippen MR) is 57.5 cm³/mol. The molecule has 0 aliphatic heterocycles. The van der Waals surface area contributed by atoms with Crippen LogP contribution in [0.4, 0.5) is 13.2 Å². The molecule has 0 fully saturated rings. The van der Waals surface area contributed by atoms with Crippen LogP contribution in [0, 0.1) is 13.8 Å². The average Bonchev–Trinajstić information content (AvgIpc) is 2.29. The Morgan fingerprint density at radius 2 is 1.56 bits per heavy atom. The smallest absolute Gasteiger partial charge is 0.166 e. The fourth-order valence-corrected chi connectivity index (χ4v) is 1.43. The van der Waals surface area contributed by atoms with E-state index in [-0.39, 0.29) is 11.4 Å². The molecule has 2 rings (SSSR count). The van der Waals surface area contributed by atoms with E-state index in [1.54, 1.807) is 13.8 Å². The van der Waals surface area contributed by atoms with Crippen LogP contribution in [-0.4, -0.2) is 20.4 Å². The van der Waals surface area contributed by atoms with Gasteiger partial charge in [0.15, 0.2) is 5.82 Å². The Balaban J connectivity index is 2.53. The molecule has 94 valence electrons. The number of nitrogens with zero attached hydrogens (tertiary/aromatic N) is 4. The van der Waals surface area contributed by atoms with Crippen LogP contribution in [0.3, 0.4) is 0 Å². The molecule has 0 saturated carbocycles. The summed E-state index contributed by atoms with van der Waals surface area (Å²) < 4.78 is 37.8. The van der Waals surface area contributed by atoms with Crippen LogP contribution in [0.5, 0.6) is 0 Å². The predicted octanol–water partition coefficient (Wildman–Crippen LogP) is 2.57. The number of alkyl halides is 3. The molecule has 0 bridgehead atoms. The van der Waals surface area contributed by atoms with Crippen molar-refractivity contribution in [1.82, 2.24) is 20.4 Å². The van der Waals surface area contributed by atoms with Gasteiger partial charge in [0, 0.05) is 5.56 Å². The third kappa shape index (κ3) is 2.44. The van der Waals surface area contributed by atoms with Crippen LogP contribution in [0.25, 0.3) is 11.4 Å². The maximum Gasteiger partial charge on any atom is 0.416 e. The maximum atomic E-state index is 12.6. The van der Waals surface area contributed by atoms with Crippen molar-refractivity contribution in [1.29, 1.82) is 0 Å². The normalized spacial score (nSPS) is 11.6. The van der Waals surface area contributed by atoms with Gasteiger partial charge in [-0.2, -0.15) is 13.2 Å². The van der Waals surface area contributed by atoms with Gasteiger partial charge in [-0.25, -0.2) is 0 Å². The summed E-state index contributed by atoms with van der Waals surface area (Å²) in [6, 6.07) is 3.40. The molecule has 0 aliphatic carbocycles. The number of aryl methyl sites for hydroxylation is 2. The van der Waals surface area contributed by atoms with E-state index in [2.05, 4.69) is 20.4 Å². The Morgan fingerprint density at radius 3 is 2.11 bits per heavy atom. The fraction of sp³-hybridized carbons (Fsp3) is 0.273. The summed E-state index contributed by atoms with van der Waals surface area (Å²) in [5, 5.41) is 14.9. The molecule has 0 unspecified atom stereocenters. The molecular weight excluding hydrogens is 245 g/mol. The summed E-state index contributed by atoms with van der Waals surface area (Å²) >= 11 is 0. The minimum atomic E-state index is -4.39. The van der Waals surface area contributed by atoms with Crippen LogP contribution in [-0.2, 0) is 6.18 Å². The van der Waals surface area contributed by atoms with Crippen LogP contribution in [0.2, 0.25) is 0 Å². The van der Waals surface area contributed by atoms with Gasteiger partial charge in [0.05, 0.1) is 5.56 Å². The van der Waals surface area contributed by atoms with Gasteiger partial charge in [0.2, 0.25) is 5.82 Å². The van der Waals surface area contributed by atoms with E-state index in [9.17, 15) is 13.2 Å². The molecular formula is C11H9F3N4. The molecule has 1 aromatic heterocycles. The lowest BCUT2D eigenvalue weighted by Gasteiger charge is -2.09. The molecule has 0 saturated heterocycles. The summed E-state index contributed by atoms with van der Waals surface area (Å²) in [6.45, 7) is 3.28. The SMILES string of the molecule is Cc1nnc(-c2cc(C(F)(F)F)ccc2C)nn1. The third-order valence-electron chi connectivity index (χ3n) is 2.38. The highest BCUT2D eigenvalue weighted by molar-refractivity contribution is 5.60. The zero-order valence-corrected chi connectivity index (χ0v) is 9.65. The summed E-state index contributed by atoms with van der Waals surface area (Å²) in [6.07, 6.45) is -4.39. The first-order valence-electron chi connectivity index (χ1n) is 5.10. The molecule has 0 atom stereocenters. The minimum absolute atomic E-state index is 0.0872. The molecule has 1 heterocycles. The summed E-state index contributed by atoms with van der Waals surface area (Å²) in [4.78, 5) is 0. The molecule has 0 radical (unpaired) electrons. The number of hydrogen-bond acceptors (Lipinski definition) is 4. The highest BCUT2D eigenvalue weighted by Gasteiger charge is 2.31. The standard InChI is InChI=1S/C11H9F3N4/c1-6-3-4-8(11(12,13)14)5-9(6)10-17-15-7(2)16-18-10/h3-5H,1-2H3. The first-order valence-corrected chi connectivity index (χ1v) is 5.10. The lowest BCUT2D eigenvalue weighted by Crippen LogP contribution is -2.06. The van der Waals surface area contributed by atoms with Gasteiger partial charge in [-0.1, -0.05) is 6.07 Å². The summed E-state index contributed by atoms with van der Waals surface area (Å²) in [7, 11) is 0. The van der Waals surface area contributed by atoms with Crippen molar-refractivity contribution in [2.24, 2.45) is 0 Å². The van der Waals surface area contributed by atoms with Crippen LogP contribution >= 0.6 is 0 Å². The Morgan fingerprint density at radius 1 is 0.944 bits per heavy atom. The van der Waals surface area contributed by atoms with Crippen molar-refractivity contribution in [2.75, 3.05) is 0 Å². The highest BCUT2D eigenvalue weighted by atomic mass is 19.4. The minimum Gasteiger partial charge on any atom is -0.166 e. The van der Waals surface area contributed by atoms with Crippen molar-refractivity contribution < 1.29 is 13.2 Å². The quantitative estimate of drug-likeness (QED) is 0.784. The third-order valence-corrected chi connectivity index (χ3v) is 2.38. The zero-order valence-electron chi connectivity index (χ0n) is 9.65. The van der Waals surface area contributed by atoms with Crippen molar-refractivity contribution in [3.63, 3.8) is 0 Å². The maximum absolute atomic E-state index is 12.6. The summed E-state index contributed by atoms with van der Waals surface area (Å²) in [5.74, 6) is 0.451. The Labute approximate surface area is 101 Å². The largest absolute Gasteiger partial charge is 0.416 e. The van der Waals surface area contributed by atoms with Gasteiger partial charge >= 0.3 is 6.18 Å². The van der Waals surface area contributed by atoms with Crippen molar-refractivity contribution in [3.05, 3.63) is 35.2 Å². The van der Waals surface area contributed by atoms with Gasteiger partial charge in [-0.05, 0) is 31.5 Å². The van der Waals surface area contributed by atoms with Crippen molar-refractivity contribution >= 4 is 0 Å². The molecule has 0 amide bonds. The summed E-state index contributed by atoms with van der Waals surface area (Å²) in [5.41, 5.74) is 0.174. The van der Waals surface area contributed by atoms with E-state index in [0.717, 1.165) is 12.1 Å². The van der Waals surface area contributed by atoms with E-state index in [0.29, 0.717) is 11.4 Å². The highest BCUT2D eigenvalue weighted by Crippen LogP contribution is 2.32. The van der Waals surface area contributed by atoms with Gasteiger partial charge in [-0.15, -0.1) is 20.4 Å². The van der Waals surface area contributed by atoms with E-state index in [4.69, 9.17) is 0 Å². The molecule has 7 heteroatoms. The Bertz CT molecular complexity index is 563. The molecule has 1 aromatic carbocycles. The second-order valence-corrected chi connectivity index (χ2v) is 3.80. The molecule has 2 aromatic rings. The zero-order chi connectivity index (χ0) is 13.3. The Hall–Kier alpha value is -2.05. The molecule has 0 N–H and O–H groups in total. The second kappa shape index (κ2) is 4.32. The van der Waals surface area contributed by atoms with E-state index >= 15 is 0 Å². The van der Waals surface area contributed by atoms with Crippen molar-refractivity contribution in [3.8, 4) is 11.4 Å². The number of halogens is 3. The fourth-order valence-electron chi connectivity index (χ4n) is 1.43. The van der Waals surface area contributed by atoms with Crippen LogP contribution < -0.4 is 0 Å². The van der Waals surface area contributed by atoms with Crippen molar-refractivity contribution in [2.45, 2.75) is 20.0 Å². The van der Waals surface area contributed by atoms with Crippen LogP contribution in [0.1, 0.15) is 17.0 Å². The second-order valence-electron chi connectivity index (χ2n) is 3.80. The molecule has 18 heavy (non-hydrogen) atoms. The van der Waals surface area contributed by atoms with Gasteiger partial charge in [0.1, 0.15) is 0 Å². The number of benzene rings is 1. The lowest BCUT2D eigenvalue weighted by molar-refractivity contribution is -0.137. The topological polar surface area (TPSA) is 51.6 Å². The number of aromatic nitrogens is 4. The van der Waals surface area contributed by atoms with Gasteiger partial charge in [-0.3, -0.25) is 0 Å². The monoisotopic (exact) mass is 254 g/mol. The van der Waals surface area contributed by atoms with Gasteiger partial charge < -0.3 is 0 Å². The lowest BCUT2D eigenvalue weighted by atomic mass is 10.0. The molecule has 0 spiro atoms. The first kappa shape index (κ1) is 12.4. The van der Waals surface area contributed by atoms with E-state index in [1.165, 1.54) is 6.07 Å². The molecule has 0 aliphatic rings. The average molecular weight is 254 g/mol. The Kier molecular flexibility index (Phi) is 2.98. The van der Waals surface area contributed by atoms with Crippen LogP contribution in [0.15, 0.2) is 18.2 Å². The number of rotatable bonds is 1. The van der Waals surface area contributed by atoms with E-state index < -0.39 is 11.7 Å². The van der Waals surface area contributed by atoms with Gasteiger partial charge in [0.25, 0.3) is 0 Å². The molecule has 4 nitrogen and oxygen atoms in total. The van der Waals surface area contributed by atoms with E-state index in [1.807, 2.05) is 0 Å².